The molecule has 0 aliphatic rings. The normalized spacial score (nSPS) is 12.4. The van der Waals surface area contributed by atoms with Crippen molar-refractivity contribution in [2.45, 2.75) is 19.3 Å². The summed E-state index contributed by atoms with van der Waals surface area (Å²) in [5.41, 5.74) is 3.61. The lowest BCUT2D eigenvalue weighted by Gasteiger charge is -2.15. The molecule has 1 nitrogen and oxygen atoms in total. The SMILES string of the molecule is Cc1cccc(C(CO)Cc2ccc(Cl)cc2)c1. The van der Waals surface area contributed by atoms with Gasteiger partial charge in [-0.05, 0) is 36.6 Å². The molecule has 2 rings (SSSR count). The Morgan fingerprint density at radius 2 is 1.83 bits per heavy atom. The average molecular weight is 261 g/mol. The van der Waals surface area contributed by atoms with E-state index in [2.05, 4.69) is 25.1 Å². The fourth-order valence-electron chi connectivity index (χ4n) is 2.12. The van der Waals surface area contributed by atoms with Crippen molar-refractivity contribution in [3.8, 4) is 0 Å². The molecule has 0 heterocycles. The van der Waals surface area contributed by atoms with Crippen molar-refractivity contribution >= 4 is 11.6 Å². The maximum absolute atomic E-state index is 9.56. The Morgan fingerprint density at radius 3 is 2.44 bits per heavy atom. The molecule has 2 aromatic carbocycles. The van der Waals surface area contributed by atoms with Crippen molar-refractivity contribution < 1.29 is 5.11 Å². The van der Waals surface area contributed by atoms with Crippen LogP contribution in [0.2, 0.25) is 5.02 Å². The third-order valence-electron chi connectivity index (χ3n) is 3.13. The van der Waals surface area contributed by atoms with Crippen molar-refractivity contribution in [3.63, 3.8) is 0 Å². The van der Waals surface area contributed by atoms with E-state index in [1.54, 1.807) is 0 Å². The van der Waals surface area contributed by atoms with Crippen molar-refractivity contribution in [1.82, 2.24) is 0 Å². The Labute approximate surface area is 113 Å². The third kappa shape index (κ3) is 3.34. The zero-order valence-corrected chi connectivity index (χ0v) is 11.2. The van der Waals surface area contributed by atoms with Gasteiger partial charge in [-0.15, -0.1) is 0 Å². The van der Waals surface area contributed by atoms with E-state index in [1.807, 2.05) is 30.3 Å². The first-order valence-electron chi connectivity index (χ1n) is 6.11. The molecular formula is C16H17ClO. The Hall–Kier alpha value is -1.31. The molecule has 1 N–H and O–H groups in total. The molecule has 0 fully saturated rings. The molecule has 0 aliphatic carbocycles. The predicted molar refractivity (Wildman–Crippen MR) is 76.2 cm³/mol. The van der Waals surface area contributed by atoms with Gasteiger partial charge >= 0.3 is 0 Å². The molecule has 0 amide bonds. The van der Waals surface area contributed by atoms with Crippen LogP contribution in [-0.2, 0) is 6.42 Å². The summed E-state index contributed by atoms with van der Waals surface area (Å²) in [4.78, 5) is 0. The second-order valence-corrected chi connectivity index (χ2v) is 5.06. The van der Waals surface area contributed by atoms with Gasteiger partial charge in [0.25, 0.3) is 0 Å². The highest BCUT2D eigenvalue weighted by atomic mass is 35.5. The molecule has 2 aromatic rings. The first-order valence-corrected chi connectivity index (χ1v) is 6.48. The molecule has 0 saturated heterocycles. The summed E-state index contributed by atoms with van der Waals surface area (Å²) in [6.07, 6.45) is 0.830. The molecule has 1 unspecified atom stereocenters. The molecule has 0 spiro atoms. The second-order valence-electron chi connectivity index (χ2n) is 4.62. The largest absolute Gasteiger partial charge is 0.396 e. The molecule has 0 saturated carbocycles. The van der Waals surface area contributed by atoms with Crippen molar-refractivity contribution in [2.75, 3.05) is 6.61 Å². The van der Waals surface area contributed by atoms with E-state index < -0.39 is 0 Å². The lowest BCUT2D eigenvalue weighted by Crippen LogP contribution is -2.07. The summed E-state index contributed by atoms with van der Waals surface area (Å²) in [7, 11) is 0. The van der Waals surface area contributed by atoms with Gasteiger partial charge in [0, 0.05) is 10.9 Å². The summed E-state index contributed by atoms with van der Waals surface area (Å²) in [6.45, 7) is 2.23. The van der Waals surface area contributed by atoms with Crippen LogP contribution >= 0.6 is 11.6 Å². The first kappa shape index (κ1) is 13.1. The molecule has 0 aliphatic heterocycles. The summed E-state index contributed by atoms with van der Waals surface area (Å²) in [6, 6.07) is 16.1. The second kappa shape index (κ2) is 6.03. The fourth-order valence-corrected chi connectivity index (χ4v) is 2.24. The van der Waals surface area contributed by atoms with Crippen LogP contribution < -0.4 is 0 Å². The van der Waals surface area contributed by atoms with Gasteiger partial charge < -0.3 is 5.11 Å². The standard InChI is InChI=1S/C16H17ClO/c1-12-3-2-4-14(9-12)15(11-18)10-13-5-7-16(17)8-6-13/h2-9,15,18H,10-11H2,1H3. The van der Waals surface area contributed by atoms with E-state index >= 15 is 0 Å². The van der Waals surface area contributed by atoms with Gasteiger partial charge in [-0.2, -0.15) is 0 Å². The Balaban J connectivity index is 2.17. The lowest BCUT2D eigenvalue weighted by atomic mass is 9.92. The van der Waals surface area contributed by atoms with E-state index in [1.165, 1.54) is 16.7 Å². The quantitative estimate of drug-likeness (QED) is 0.882. The molecule has 0 bridgehead atoms. The molecule has 0 radical (unpaired) electrons. The highest BCUT2D eigenvalue weighted by molar-refractivity contribution is 6.30. The van der Waals surface area contributed by atoms with Crippen LogP contribution in [0.15, 0.2) is 48.5 Å². The zero-order chi connectivity index (χ0) is 13.0. The predicted octanol–water partition coefficient (Wildman–Crippen LogP) is 3.97. The van der Waals surface area contributed by atoms with Crippen LogP contribution in [-0.4, -0.2) is 11.7 Å². The molecule has 1 atom stereocenters. The number of hydrogen-bond donors (Lipinski definition) is 1. The van der Waals surface area contributed by atoms with E-state index in [4.69, 9.17) is 11.6 Å². The van der Waals surface area contributed by atoms with Crippen molar-refractivity contribution in [1.29, 1.82) is 0 Å². The van der Waals surface area contributed by atoms with Crippen molar-refractivity contribution in [2.24, 2.45) is 0 Å². The van der Waals surface area contributed by atoms with Crippen molar-refractivity contribution in [3.05, 3.63) is 70.2 Å². The number of rotatable bonds is 4. The minimum absolute atomic E-state index is 0.145. The lowest BCUT2D eigenvalue weighted by molar-refractivity contribution is 0.264. The number of aliphatic hydroxyl groups excluding tert-OH is 1. The minimum Gasteiger partial charge on any atom is -0.396 e. The topological polar surface area (TPSA) is 20.2 Å². The summed E-state index contributed by atoms with van der Waals surface area (Å²) >= 11 is 5.87. The number of hydrogen-bond acceptors (Lipinski definition) is 1. The van der Waals surface area contributed by atoms with Gasteiger partial charge in [0.1, 0.15) is 0 Å². The van der Waals surface area contributed by atoms with Gasteiger partial charge in [-0.3, -0.25) is 0 Å². The maximum atomic E-state index is 9.56. The zero-order valence-electron chi connectivity index (χ0n) is 10.4. The summed E-state index contributed by atoms with van der Waals surface area (Å²) < 4.78 is 0. The summed E-state index contributed by atoms with van der Waals surface area (Å²) in [5.74, 6) is 0.145. The van der Waals surface area contributed by atoms with Gasteiger partial charge in [0.2, 0.25) is 0 Å². The van der Waals surface area contributed by atoms with Crippen LogP contribution in [0.3, 0.4) is 0 Å². The fraction of sp³-hybridized carbons (Fsp3) is 0.250. The highest BCUT2D eigenvalue weighted by Crippen LogP contribution is 2.22. The number of aliphatic hydroxyl groups is 1. The minimum atomic E-state index is 0.145. The first-order chi connectivity index (χ1) is 8.69. The van der Waals surface area contributed by atoms with Gasteiger partial charge in [-0.25, -0.2) is 0 Å². The van der Waals surface area contributed by atoms with Crippen LogP contribution in [0.4, 0.5) is 0 Å². The Morgan fingerprint density at radius 1 is 1.11 bits per heavy atom. The third-order valence-corrected chi connectivity index (χ3v) is 3.38. The molecule has 0 aromatic heterocycles. The van der Waals surface area contributed by atoms with Gasteiger partial charge in [0.15, 0.2) is 0 Å². The highest BCUT2D eigenvalue weighted by Gasteiger charge is 2.11. The van der Waals surface area contributed by atoms with Crippen LogP contribution in [0.1, 0.15) is 22.6 Å². The number of aryl methyl sites for hydroxylation is 1. The molecular weight excluding hydrogens is 244 g/mol. The van der Waals surface area contributed by atoms with E-state index in [-0.39, 0.29) is 12.5 Å². The maximum Gasteiger partial charge on any atom is 0.0502 e. The monoisotopic (exact) mass is 260 g/mol. The molecule has 2 heteroatoms. The summed E-state index contributed by atoms with van der Waals surface area (Å²) in [5, 5.41) is 10.3. The smallest absolute Gasteiger partial charge is 0.0502 e. The van der Waals surface area contributed by atoms with Crippen LogP contribution in [0.25, 0.3) is 0 Å². The molecule has 18 heavy (non-hydrogen) atoms. The van der Waals surface area contributed by atoms with E-state index in [0.29, 0.717) is 0 Å². The van der Waals surface area contributed by atoms with Crippen LogP contribution in [0.5, 0.6) is 0 Å². The van der Waals surface area contributed by atoms with E-state index in [0.717, 1.165) is 11.4 Å². The van der Waals surface area contributed by atoms with Gasteiger partial charge in [-0.1, -0.05) is 53.6 Å². The van der Waals surface area contributed by atoms with Crippen LogP contribution in [0, 0.1) is 6.92 Å². The average Bonchev–Trinajstić information content (AvgIpc) is 2.38. The Bertz CT molecular complexity index is 505. The number of halogens is 1. The Kier molecular flexibility index (Phi) is 4.40. The van der Waals surface area contributed by atoms with Gasteiger partial charge in [0.05, 0.1) is 6.61 Å². The van der Waals surface area contributed by atoms with E-state index in [9.17, 15) is 5.11 Å². The molecule has 94 valence electrons. The number of benzene rings is 2.